The highest BCUT2D eigenvalue weighted by molar-refractivity contribution is 5.63. The molecule has 1 aromatic heterocycles. The van der Waals surface area contributed by atoms with Crippen molar-refractivity contribution in [3.8, 4) is 11.3 Å². The lowest BCUT2D eigenvalue weighted by molar-refractivity contribution is 0.586. The van der Waals surface area contributed by atoms with Gasteiger partial charge in [0.2, 0.25) is 0 Å². The molecular weight excluding hydrogens is 200 g/mol. The van der Waals surface area contributed by atoms with Gasteiger partial charge in [0, 0.05) is 6.07 Å². The second-order valence-electron chi connectivity index (χ2n) is 3.31. The molecule has 2 aromatic rings. The molecule has 0 unspecified atom stereocenters. The average molecular weight is 209 g/mol. The number of nitrogen functional groups attached to an aromatic ring is 1. The van der Waals surface area contributed by atoms with Gasteiger partial charge in [0.1, 0.15) is 17.5 Å². The average Bonchev–Trinajstić information content (AvgIpc) is 2.49. The molecule has 3 N–H and O–H groups in total. The molecule has 1 heterocycles. The van der Waals surface area contributed by atoms with E-state index in [0.717, 1.165) is 0 Å². The number of hydrogen-bond donors (Lipinski definition) is 2. The summed E-state index contributed by atoms with van der Waals surface area (Å²) in [4.78, 5) is 0. The van der Waals surface area contributed by atoms with Crippen LogP contribution in [0.15, 0.2) is 18.2 Å². The van der Waals surface area contributed by atoms with Crippen LogP contribution >= 0.6 is 0 Å². The lowest BCUT2D eigenvalue weighted by Gasteiger charge is -2.03. The Hall–Kier alpha value is -1.91. The van der Waals surface area contributed by atoms with Gasteiger partial charge in [0.25, 0.3) is 0 Å². The van der Waals surface area contributed by atoms with Crippen molar-refractivity contribution < 1.29 is 8.78 Å². The first kappa shape index (κ1) is 9.64. The van der Waals surface area contributed by atoms with Crippen LogP contribution in [0.25, 0.3) is 11.3 Å². The molecule has 0 fully saturated rings. The first-order valence-corrected chi connectivity index (χ1v) is 4.35. The Morgan fingerprint density at radius 3 is 2.27 bits per heavy atom. The fraction of sp³-hybridized carbons (Fsp3) is 0.100. The number of nitrogens with two attached hydrogens (primary N) is 1. The predicted octanol–water partition coefficient (Wildman–Crippen LogP) is 2.25. The fourth-order valence-corrected chi connectivity index (χ4v) is 1.42. The summed E-state index contributed by atoms with van der Waals surface area (Å²) in [5.74, 6) is -1.06. The molecular formula is C10H9F2N3. The van der Waals surface area contributed by atoms with Crippen LogP contribution in [0.4, 0.5) is 14.6 Å². The Balaban J connectivity index is 2.62. The molecule has 0 saturated carbocycles. The van der Waals surface area contributed by atoms with Gasteiger partial charge in [-0.25, -0.2) is 8.78 Å². The van der Waals surface area contributed by atoms with Crippen LogP contribution in [-0.4, -0.2) is 10.2 Å². The van der Waals surface area contributed by atoms with Gasteiger partial charge < -0.3 is 5.73 Å². The van der Waals surface area contributed by atoms with E-state index in [9.17, 15) is 8.78 Å². The lowest BCUT2D eigenvalue weighted by atomic mass is 10.1. The number of nitrogens with zero attached hydrogens (tertiary/aromatic N) is 1. The zero-order valence-electron chi connectivity index (χ0n) is 8.01. The Bertz CT molecular complexity index is 482. The molecule has 3 nitrogen and oxygen atoms in total. The molecule has 0 aliphatic rings. The van der Waals surface area contributed by atoms with E-state index >= 15 is 0 Å². The van der Waals surface area contributed by atoms with Crippen LogP contribution in [0.3, 0.4) is 0 Å². The number of nitrogens with one attached hydrogen (secondary N) is 1. The Morgan fingerprint density at radius 2 is 1.80 bits per heavy atom. The zero-order chi connectivity index (χ0) is 11.0. The Kier molecular flexibility index (Phi) is 2.15. The number of H-pyrrole nitrogens is 1. The minimum atomic E-state index is -0.629. The van der Waals surface area contributed by atoms with Gasteiger partial charge in [0.15, 0.2) is 0 Å². The number of aromatic amines is 1. The van der Waals surface area contributed by atoms with Crippen molar-refractivity contribution in [1.29, 1.82) is 0 Å². The second kappa shape index (κ2) is 3.34. The summed E-state index contributed by atoms with van der Waals surface area (Å²) in [7, 11) is 0. The minimum absolute atomic E-state index is 0.134. The fourth-order valence-electron chi connectivity index (χ4n) is 1.42. The highest BCUT2D eigenvalue weighted by Gasteiger charge is 2.13. The van der Waals surface area contributed by atoms with Gasteiger partial charge in [-0.15, -0.1) is 0 Å². The molecule has 0 aliphatic heterocycles. The highest BCUT2D eigenvalue weighted by atomic mass is 19.1. The summed E-state index contributed by atoms with van der Waals surface area (Å²) in [6, 6.07) is 3.90. The molecule has 0 radical (unpaired) electrons. The third-order valence-corrected chi connectivity index (χ3v) is 2.05. The van der Waals surface area contributed by atoms with Crippen LogP contribution in [0.1, 0.15) is 5.56 Å². The van der Waals surface area contributed by atoms with Crippen molar-refractivity contribution in [2.45, 2.75) is 6.92 Å². The van der Waals surface area contributed by atoms with Crippen LogP contribution in [0, 0.1) is 18.6 Å². The van der Waals surface area contributed by atoms with Crippen molar-refractivity contribution in [2.75, 3.05) is 5.73 Å². The van der Waals surface area contributed by atoms with Crippen molar-refractivity contribution in [2.24, 2.45) is 0 Å². The first-order valence-electron chi connectivity index (χ1n) is 4.35. The van der Waals surface area contributed by atoms with Crippen LogP contribution in [0.2, 0.25) is 0 Å². The Morgan fingerprint density at radius 1 is 1.20 bits per heavy atom. The van der Waals surface area contributed by atoms with E-state index in [1.54, 1.807) is 6.92 Å². The van der Waals surface area contributed by atoms with Crippen LogP contribution < -0.4 is 5.73 Å². The normalized spacial score (nSPS) is 10.6. The third-order valence-electron chi connectivity index (χ3n) is 2.05. The zero-order valence-corrected chi connectivity index (χ0v) is 8.01. The number of anilines is 1. The predicted molar refractivity (Wildman–Crippen MR) is 53.1 cm³/mol. The summed E-state index contributed by atoms with van der Waals surface area (Å²) >= 11 is 0. The minimum Gasteiger partial charge on any atom is -0.382 e. The monoisotopic (exact) mass is 209 g/mol. The van der Waals surface area contributed by atoms with Gasteiger partial charge >= 0.3 is 0 Å². The van der Waals surface area contributed by atoms with Crippen molar-refractivity contribution in [1.82, 2.24) is 10.2 Å². The van der Waals surface area contributed by atoms with E-state index in [-0.39, 0.29) is 17.1 Å². The molecule has 0 aliphatic carbocycles. The van der Waals surface area contributed by atoms with Crippen molar-refractivity contribution >= 4 is 5.82 Å². The number of benzene rings is 1. The topological polar surface area (TPSA) is 54.7 Å². The highest BCUT2D eigenvalue weighted by Crippen LogP contribution is 2.26. The molecule has 5 heteroatoms. The smallest absolute Gasteiger partial charge is 0.145 e. The van der Waals surface area contributed by atoms with Gasteiger partial charge in [-0.1, -0.05) is 0 Å². The van der Waals surface area contributed by atoms with E-state index in [1.165, 1.54) is 18.2 Å². The molecule has 0 atom stereocenters. The van der Waals surface area contributed by atoms with E-state index in [1.807, 2.05) is 0 Å². The number of aryl methyl sites for hydroxylation is 1. The number of hydrogen-bond acceptors (Lipinski definition) is 2. The molecule has 78 valence electrons. The molecule has 1 aromatic carbocycles. The summed E-state index contributed by atoms with van der Waals surface area (Å²) in [5, 5.41) is 6.08. The van der Waals surface area contributed by atoms with E-state index < -0.39 is 11.6 Å². The maximum absolute atomic E-state index is 13.5. The van der Waals surface area contributed by atoms with Gasteiger partial charge in [-0.2, -0.15) is 5.10 Å². The molecule has 0 bridgehead atoms. The number of halogens is 2. The van der Waals surface area contributed by atoms with Crippen molar-refractivity contribution in [3.05, 3.63) is 35.4 Å². The standard InChI is InChI=1S/C10H9F2N3/c1-5-2-6(11)10(7(12)3-5)8-4-9(13)15-14-8/h2-4H,1H3,(H3,13,14,15). The maximum Gasteiger partial charge on any atom is 0.145 e. The summed E-state index contributed by atoms with van der Waals surface area (Å²) in [6.45, 7) is 1.62. The molecule has 0 spiro atoms. The van der Waals surface area contributed by atoms with Crippen LogP contribution in [0.5, 0.6) is 0 Å². The number of aromatic nitrogens is 2. The second-order valence-corrected chi connectivity index (χ2v) is 3.31. The maximum atomic E-state index is 13.5. The summed E-state index contributed by atoms with van der Waals surface area (Å²) in [6.07, 6.45) is 0. The molecule has 0 amide bonds. The molecule has 0 saturated heterocycles. The van der Waals surface area contributed by atoms with E-state index in [0.29, 0.717) is 5.56 Å². The van der Waals surface area contributed by atoms with Gasteiger partial charge in [-0.05, 0) is 24.6 Å². The van der Waals surface area contributed by atoms with E-state index in [4.69, 9.17) is 5.73 Å². The molecule has 2 rings (SSSR count). The van der Waals surface area contributed by atoms with Gasteiger partial charge in [0.05, 0.1) is 11.3 Å². The largest absolute Gasteiger partial charge is 0.382 e. The third kappa shape index (κ3) is 1.68. The van der Waals surface area contributed by atoms with Crippen LogP contribution in [-0.2, 0) is 0 Å². The first-order chi connectivity index (χ1) is 7.08. The number of rotatable bonds is 1. The SMILES string of the molecule is Cc1cc(F)c(-c2cc(N)n[nH]2)c(F)c1. The van der Waals surface area contributed by atoms with E-state index in [2.05, 4.69) is 10.2 Å². The Labute approximate surface area is 84.9 Å². The summed E-state index contributed by atoms with van der Waals surface area (Å²) in [5.41, 5.74) is 5.99. The quantitative estimate of drug-likeness (QED) is 0.756. The molecule has 15 heavy (non-hydrogen) atoms. The summed E-state index contributed by atoms with van der Waals surface area (Å²) < 4.78 is 27.0. The van der Waals surface area contributed by atoms with Gasteiger partial charge in [-0.3, -0.25) is 5.10 Å². The lowest BCUT2D eigenvalue weighted by Crippen LogP contribution is -1.92. The van der Waals surface area contributed by atoms with Crippen molar-refractivity contribution in [3.63, 3.8) is 0 Å².